The van der Waals surface area contributed by atoms with E-state index in [1.807, 2.05) is 11.5 Å². The van der Waals surface area contributed by atoms with Gasteiger partial charge in [0.1, 0.15) is 11.0 Å². The summed E-state index contributed by atoms with van der Waals surface area (Å²) < 4.78 is 1.98. The van der Waals surface area contributed by atoms with E-state index < -0.39 is 0 Å². The molecule has 1 atom stereocenters. The molecule has 14 heavy (non-hydrogen) atoms. The normalized spacial score (nSPS) is 13.2. The lowest BCUT2D eigenvalue weighted by atomic mass is 10.1. The Morgan fingerprint density at radius 2 is 2.07 bits per heavy atom. The highest BCUT2D eigenvalue weighted by molar-refractivity contribution is 6.40. The molecule has 1 heterocycles. The molecule has 0 radical (unpaired) electrons. The summed E-state index contributed by atoms with van der Waals surface area (Å²) in [6, 6.07) is 0. The Balaban J connectivity index is 2.75. The molecule has 0 aliphatic rings. The molecule has 2 nitrogen and oxygen atoms in total. The smallest absolute Gasteiger partial charge is 0.166 e. The first kappa shape index (κ1) is 11.9. The molecule has 1 rings (SSSR count). The molecule has 0 fully saturated rings. The van der Waals surface area contributed by atoms with Crippen LogP contribution in [0, 0.1) is 12.8 Å². The maximum Gasteiger partial charge on any atom is 0.166 e. The van der Waals surface area contributed by atoms with E-state index in [1.54, 1.807) is 0 Å². The zero-order valence-corrected chi connectivity index (χ0v) is 10.4. The minimum absolute atomic E-state index is 0.410. The first-order valence-corrected chi connectivity index (χ1v) is 5.70. The van der Waals surface area contributed by atoms with Gasteiger partial charge in [0.15, 0.2) is 5.15 Å². The standard InChI is InChI=1S/C10H16Cl2N2/c1-4-5-7(2)6-14-8(3)13-9(11)10(14)12/h7H,4-6H2,1-3H3. The van der Waals surface area contributed by atoms with Crippen molar-refractivity contribution in [1.82, 2.24) is 9.55 Å². The summed E-state index contributed by atoms with van der Waals surface area (Å²) in [6.45, 7) is 7.23. The molecule has 0 aromatic carbocycles. The van der Waals surface area contributed by atoms with E-state index in [0.717, 1.165) is 12.4 Å². The van der Waals surface area contributed by atoms with E-state index in [-0.39, 0.29) is 0 Å². The molecule has 1 aromatic rings. The summed E-state index contributed by atoms with van der Waals surface area (Å²) in [5, 5.41) is 0.972. The van der Waals surface area contributed by atoms with E-state index in [2.05, 4.69) is 18.8 Å². The van der Waals surface area contributed by atoms with E-state index >= 15 is 0 Å². The lowest BCUT2D eigenvalue weighted by Gasteiger charge is -2.12. The number of hydrogen-bond donors (Lipinski definition) is 0. The second-order valence-corrected chi connectivity index (χ2v) is 4.46. The van der Waals surface area contributed by atoms with Crippen molar-refractivity contribution >= 4 is 23.2 Å². The fourth-order valence-corrected chi connectivity index (χ4v) is 2.07. The Labute approximate surface area is 95.2 Å². The van der Waals surface area contributed by atoms with Gasteiger partial charge in [-0.05, 0) is 19.3 Å². The first-order valence-electron chi connectivity index (χ1n) is 4.94. The molecule has 0 aliphatic carbocycles. The fraction of sp³-hybridized carbons (Fsp3) is 0.700. The molecular formula is C10H16Cl2N2. The first-order chi connectivity index (χ1) is 6.56. The molecule has 0 bridgehead atoms. The predicted molar refractivity (Wildman–Crippen MR) is 61.1 cm³/mol. The van der Waals surface area contributed by atoms with E-state index in [9.17, 15) is 0 Å². The molecule has 0 N–H and O–H groups in total. The third kappa shape index (κ3) is 2.64. The molecule has 0 spiro atoms. The van der Waals surface area contributed by atoms with Crippen LogP contribution in [0.5, 0.6) is 0 Å². The third-order valence-corrected chi connectivity index (χ3v) is 3.08. The van der Waals surface area contributed by atoms with Crippen LogP contribution < -0.4 is 0 Å². The monoisotopic (exact) mass is 234 g/mol. The molecule has 0 aliphatic heterocycles. The predicted octanol–water partition coefficient (Wildman–Crippen LogP) is 3.93. The van der Waals surface area contributed by atoms with E-state index in [1.165, 1.54) is 12.8 Å². The maximum absolute atomic E-state index is 6.03. The Hall–Kier alpha value is -0.210. The van der Waals surface area contributed by atoms with Crippen molar-refractivity contribution in [3.8, 4) is 0 Å². The highest BCUT2D eigenvalue weighted by Crippen LogP contribution is 2.24. The van der Waals surface area contributed by atoms with Gasteiger partial charge in [-0.15, -0.1) is 0 Å². The highest BCUT2D eigenvalue weighted by Gasteiger charge is 2.12. The molecular weight excluding hydrogens is 219 g/mol. The average Bonchev–Trinajstić information content (AvgIpc) is 2.33. The van der Waals surface area contributed by atoms with Gasteiger partial charge in [-0.3, -0.25) is 0 Å². The van der Waals surface area contributed by atoms with E-state index in [4.69, 9.17) is 23.2 Å². The minimum atomic E-state index is 0.410. The van der Waals surface area contributed by atoms with Gasteiger partial charge < -0.3 is 4.57 Å². The summed E-state index contributed by atoms with van der Waals surface area (Å²) in [7, 11) is 0. The van der Waals surface area contributed by atoms with Crippen LogP contribution in [0.3, 0.4) is 0 Å². The van der Waals surface area contributed by atoms with Crippen LogP contribution in [0.4, 0.5) is 0 Å². The summed E-state index contributed by atoms with van der Waals surface area (Å²) in [5.41, 5.74) is 0. The Kier molecular flexibility index (Phi) is 4.27. The SMILES string of the molecule is CCCC(C)Cn1c(C)nc(Cl)c1Cl. The molecule has 80 valence electrons. The van der Waals surface area contributed by atoms with Crippen molar-refractivity contribution in [3.63, 3.8) is 0 Å². The maximum atomic E-state index is 6.03. The topological polar surface area (TPSA) is 17.8 Å². The molecule has 0 saturated carbocycles. The average molecular weight is 235 g/mol. The van der Waals surface area contributed by atoms with Crippen LogP contribution in [-0.4, -0.2) is 9.55 Å². The number of aromatic nitrogens is 2. The summed E-state index contributed by atoms with van der Waals surface area (Å²) in [5.74, 6) is 1.50. The summed E-state index contributed by atoms with van der Waals surface area (Å²) in [6.07, 6.45) is 2.39. The Bertz CT molecular complexity index is 307. The third-order valence-electron chi connectivity index (χ3n) is 2.33. The van der Waals surface area contributed by atoms with Gasteiger partial charge in [0.2, 0.25) is 0 Å². The summed E-state index contributed by atoms with van der Waals surface area (Å²) in [4.78, 5) is 4.12. The number of aryl methyl sites for hydroxylation is 1. The molecule has 4 heteroatoms. The van der Waals surface area contributed by atoms with Gasteiger partial charge in [-0.1, -0.05) is 43.5 Å². The van der Waals surface area contributed by atoms with Crippen molar-refractivity contribution in [2.24, 2.45) is 5.92 Å². The zero-order chi connectivity index (χ0) is 10.7. The van der Waals surface area contributed by atoms with Crippen LogP contribution in [0.2, 0.25) is 10.3 Å². The number of rotatable bonds is 4. The van der Waals surface area contributed by atoms with Crippen molar-refractivity contribution in [3.05, 3.63) is 16.1 Å². The van der Waals surface area contributed by atoms with Crippen molar-refractivity contribution in [2.45, 2.75) is 40.2 Å². The van der Waals surface area contributed by atoms with Crippen LogP contribution in [0.25, 0.3) is 0 Å². The molecule has 1 unspecified atom stereocenters. The molecule has 0 amide bonds. The lowest BCUT2D eigenvalue weighted by Crippen LogP contribution is -2.09. The lowest BCUT2D eigenvalue weighted by molar-refractivity contribution is 0.441. The largest absolute Gasteiger partial charge is 0.318 e. The Morgan fingerprint density at radius 1 is 1.43 bits per heavy atom. The van der Waals surface area contributed by atoms with Gasteiger partial charge in [0.25, 0.3) is 0 Å². The van der Waals surface area contributed by atoms with Gasteiger partial charge >= 0.3 is 0 Å². The van der Waals surface area contributed by atoms with Gasteiger partial charge in [-0.25, -0.2) is 4.98 Å². The molecule has 0 saturated heterocycles. The minimum Gasteiger partial charge on any atom is -0.318 e. The van der Waals surface area contributed by atoms with Crippen LogP contribution in [0.15, 0.2) is 0 Å². The number of imidazole rings is 1. The highest BCUT2D eigenvalue weighted by atomic mass is 35.5. The van der Waals surface area contributed by atoms with Gasteiger partial charge in [0.05, 0.1) is 0 Å². The molecule has 1 aromatic heterocycles. The van der Waals surface area contributed by atoms with Crippen LogP contribution in [0.1, 0.15) is 32.5 Å². The summed E-state index contributed by atoms with van der Waals surface area (Å²) >= 11 is 11.9. The van der Waals surface area contributed by atoms with Crippen molar-refractivity contribution in [1.29, 1.82) is 0 Å². The second-order valence-electron chi connectivity index (χ2n) is 3.75. The van der Waals surface area contributed by atoms with E-state index in [0.29, 0.717) is 16.2 Å². The second kappa shape index (κ2) is 5.04. The zero-order valence-electron chi connectivity index (χ0n) is 8.85. The quantitative estimate of drug-likeness (QED) is 0.772. The van der Waals surface area contributed by atoms with Gasteiger partial charge in [-0.2, -0.15) is 0 Å². The fourth-order valence-electron chi connectivity index (χ4n) is 1.61. The van der Waals surface area contributed by atoms with Gasteiger partial charge in [0, 0.05) is 6.54 Å². The number of hydrogen-bond acceptors (Lipinski definition) is 1. The van der Waals surface area contributed by atoms with Crippen LogP contribution in [-0.2, 0) is 6.54 Å². The number of halogens is 2. The van der Waals surface area contributed by atoms with Crippen molar-refractivity contribution in [2.75, 3.05) is 0 Å². The van der Waals surface area contributed by atoms with Crippen LogP contribution >= 0.6 is 23.2 Å². The Morgan fingerprint density at radius 3 is 2.50 bits per heavy atom. The van der Waals surface area contributed by atoms with Crippen molar-refractivity contribution < 1.29 is 0 Å². The number of nitrogens with zero attached hydrogens (tertiary/aromatic N) is 2.